The molecular weight excluding hydrogens is 291 g/mol. The van der Waals surface area contributed by atoms with E-state index < -0.39 is 36.2 Å². The van der Waals surface area contributed by atoms with E-state index in [1.807, 2.05) is 0 Å². The number of rotatable bonds is 6. The second kappa shape index (κ2) is 7.53. The molecule has 1 atom stereocenters. The van der Waals surface area contributed by atoms with Crippen LogP contribution in [0.5, 0.6) is 0 Å². The molecule has 1 unspecified atom stereocenters. The SMILES string of the molecule is CC(C)C(NC(=O)c1ccc(F)cc1)C(=O)N(C)CC(=O)O. The van der Waals surface area contributed by atoms with Crippen molar-refractivity contribution in [3.63, 3.8) is 0 Å². The fourth-order valence-corrected chi connectivity index (χ4v) is 1.86. The first-order valence-corrected chi connectivity index (χ1v) is 6.75. The minimum Gasteiger partial charge on any atom is -0.480 e. The molecule has 6 nitrogen and oxygen atoms in total. The van der Waals surface area contributed by atoms with Crippen LogP contribution in [0.25, 0.3) is 0 Å². The van der Waals surface area contributed by atoms with Crippen LogP contribution in [0.15, 0.2) is 24.3 Å². The molecule has 0 fully saturated rings. The van der Waals surface area contributed by atoms with E-state index in [1.54, 1.807) is 13.8 Å². The van der Waals surface area contributed by atoms with Crippen LogP contribution in [0.4, 0.5) is 4.39 Å². The summed E-state index contributed by atoms with van der Waals surface area (Å²) in [6.07, 6.45) is 0. The van der Waals surface area contributed by atoms with E-state index in [9.17, 15) is 18.8 Å². The van der Waals surface area contributed by atoms with Gasteiger partial charge in [0.25, 0.3) is 5.91 Å². The van der Waals surface area contributed by atoms with Gasteiger partial charge in [-0.25, -0.2) is 4.39 Å². The molecule has 0 bridgehead atoms. The highest BCUT2D eigenvalue weighted by Crippen LogP contribution is 2.08. The van der Waals surface area contributed by atoms with Gasteiger partial charge in [0.05, 0.1) is 0 Å². The molecule has 22 heavy (non-hydrogen) atoms. The minimum absolute atomic E-state index is 0.223. The number of nitrogens with zero attached hydrogens (tertiary/aromatic N) is 1. The number of carbonyl (C=O) groups is 3. The fraction of sp³-hybridized carbons (Fsp3) is 0.400. The number of benzene rings is 1. The first kappa shape index (κ1) is 17.6. The summed E-state index contributed by atoms with van der Waals surface area (Å²) in [6.45, 7) is 3.03. The predicted molar refractivity (Wildman–Crippen MR) is 77.8 cm³/mol. The lowest BCUT2D eigenvalue weighted by atomic mass is 10.0. The Morgan fingerprint density at radius 3 is 2.23 bits per heavy atom. The van der Waals surface area contributed by atoms with Crippen molar-refractivity contribution < 1.29 is 23.9 Å². The standard InChI is InChI=1S/C15H19FN2O4/c1-9(2)13(15(22)18(3)8-12(19)20)17-14(21)10-4-6-11(16)7-5-10/h4-7,9,13H,8H2,1-3H3,(H,17,21)(H,19,20). The summed E-state index contributed by atoms with van der Waals surface area (Å²) in [5.74, 6) is -2.84. The minimum atomic E-state index is -1.14. The molecule has 0 radical (unpaired) electrons. The predicted octanol–water partition coefficient (Wildman–Crippen LogP) is 1.12. The molecule has 0 aliphatic heterocycles. The maximum atomic E-state index is 12.8. The van der Waals surface area contributed by atoms with Gasteiger partial charge in [-0.05, 0) is 30.2 Å². The van der Waals surface area contributed by atoms with Gasteiger partial charge in [-0.15, -0.1) is 0 Å². The molecule has 0 saturated carbocycles. The smallest absolute Gasteiger partial charge is 0.323 e. The Kier molecular flexibility index (Phi) is 6.03. The Hall–Kier alpha value is -2.44. The number of halogens is 1. The van der Waals surface area contributed by atoms with Gasteiger partial charge in [0, 0.05) is 12.6 Å². The largest absolute Gasteiger partial charge is 0.480 e. The molecule has 1 aromatic rings. The zero-order valence-electron chi connectivity index (χ0n) is 12.7. The number of carbonyl (C=O) groups excluding carboxylic acids is 2. The average Bonchev–Trinajstić information content (AvgIpc) is 2.43. The highest BCUT2D eigenvalue weighted by Gasteiger charge is 2.28. The Bertz CT molecular complexity index is 557. The molecule has 0 aliphatic carbocycles. The molecule has 120 valence electrons. The van der Waals surface area contributed by atoms with Crippen LogP contribution >= 0.6 is 0 Å². The van der Waals surface area contributed by atoms with E-state index in [1.165, 1.54) is 19.2 Å². The molecule has 2 amide bonds. The third-order valence-corrected chi connectivity index (χ3v) is 3.07. The van der Waals surface area contributed by atoms with Crippen LogP contribution in [-0.4, -0.2) is 47.4 Å². The first-order chi connectivity index (χ1) is 10.2. The lowest BCUT2D eigenvalue weighted by Gasteiger charge is -2.26. The van der Waals surface area contributed by atoms with Crippen LogP contribution in [0.3, 0.4) is 0 Å². The summed E-state index contributed by atoms with van der Waals surface area (Å²) in [4.78, 5) is 36.0. The number of nitrogens with one attached hydrogen (secondary N) is 1. The van der Waals surface area contributed by atoms with E-state index in [4.69, 9.17) is 5.11 Å². The third-order valence-electron chi connectivity index (χ3n) is 3.07. The summed E-state index contributed by atoms with van der Waals surface area (Å²) in [6, 6.07) is 4.07. The van der Waals surface area contributed by atoms with Gasteiger partial charge < -0.3 is 15.3 Å². The van der Waals surface area contributed by atoms with Crippen molar-refractivity contribution in [2.45, 2.75) is 19.9 Å². The van der Waals surface area contributed by atoms with Crippen molar-refractivity contribution in [3.8, 4) is 0 Å². The van der Waals surface area contributed by atoms with Crippen molar-refractivity contribution in [1.29, 1.82) is 0 Å². The Morgan fingerprint density at radius 1 is 1.23 bits per heavy atom. The highest BCUT2D eigenvalue weighted by atomic mass is 19.1. The molecule has 2 N–H and O–H groups in total. The lowest BCUT2D eigenvalue weighted by molar-refractivity contribution is -0.144. The summed E-state index contributed by atoms with van der Waals surface area (Å²) < 4.78 is 12.8. The van der Waals surface area contributed by atoms with Crippen molar-refractivity contribution in [3.05, 3.63) is 35.6 Å². The monoisotopic (exact) mass is 310 g/mol. The van der Waals surface area contributed by atoms with E-state index >= 15 is 0 Å². The topological polar surface area (TPSA) is 86.7 Å². The zero-order chi connectivity index (χ0) is 16.9. The van der Waals surface area contributed by atoms with Crippen LogP contribution in [0.2, 0.25) is 0 Å². The van der Waals surface area contributed by atoms with Crippen molar-refractivity contribution in [2.24, 2.45) is 5.92 Å². The van der Waals surface area contributed by atoms with Crippen molar-refractivity contribution in [1.82, 2.24) is 10.2 Å². The molecule has 7 heteroatoms. The fourth-order valence-electron chi connectivity index (χ4n) is 1.86. The van der Waals surface area contributed by atoms with Gasteiger partial charge in [0.15, 0.2) is 0 Å². The van der Waals surface area contributed by atoms with Crippen LogP contribution < -0.4 is 5.32 Å². The number of carboxylic acid groups (broad SMARTS) is 1. The summed E-state index contributed by atoms with van der Waals surface area (Å²) >= 11 is 0. The number of likely N-dealkylation sites (N-methyl/N-ethyl adjacent to an activating group) is 1. The quantitative estimate of drug-likeness (QED) is 0.824. The summed E-state index contributed by atoms with van der Waals surface area (Å²) in [5, 5.41) is 11.3. The van der Waals surface area contributed by atoms with E-state index in [0.29, 0.717) is 0 Å². The molecule has 0 spiro atoms. The Labute approximate surface area is 127 Å². The molecule has 0 saturated heterocycles. The van der Waals surface area contributed by atoms with Gasteiger partial charge in [-0.2, -0.15) is 0 Å². The molecule has 0 aromatic heterocycles. The molecular formula is C15H19FN2O4. The van der Waals surface area contributed by atoms with Crippen LogP contribution in [0.1, 0.15) is 24.2 Å². The molecule has 1 aromatic carbocycles. The third kappa shape index (κ3) is 4.83. The van der Waals surface area contributed by atoms with Crippen molar-refractivity contribution >= 4 is 17.8 Å². The average molecular weight is 310 g/mol. The number of hydrogen-bond donors (Lipinski definition) is 2. The maximum Gasteiger partial charge on any atom is 0.323 e. The van der Waals surface area contributed by atoms with E-state index in [-0.39, 0.29) is 11.5 Å². The van der Waals surface area contributed by atoms with Gasteiger partial charge >= 0.3 is 5.97 Å². The normalized spacial score (nSPS) is 11.9. The van der Waals surface area contributed by atoms with Gasteiger partial charge in [0.1, 0.15) is 18.4 Å². The molecule has 1 rings (SSSR count). The van der Waals surface area contributed by atoms with Crippen LogP contribution in [-0.2, 0) is 9.59 Å². The van der Waals surface area contributed by atoms with Gasteiger partial charge in [-0.1, -0.05) is 13.8 Å². The number of carboxylic acids is 1. The maximum absolute atomic E-state index is 12.8. The lowest BCUT2D eigenvalue weighted by Crippen LogP contribution is -2.51. The number of amides is 2. The second-order valence-electron chi connectivity index (χ2n) is 5.29. The Balaban J connectivity index is 2.83. The van der Waals surface area contributed by atoms with Crippen LogP contribution in [0, 0.1) is 11.7 Å². The first-order valence-electron chi connectivity index (χ1n) is 6.75. The molecule has 0 aliphatic rings. The van der Waals surface area contributed by atoms with E-state index in [0.717, 1.165) is 17.0 Å². The second-order valence-corrected chi connectivity index (χ2v) is 5.29. The van der Waals surface area contributed by atoms with E-state index in [2.05, 4.69) is 5.32 Å². The summed E-state index contributed by atoms with van der Waals surface area (Å²) in [5.41, 5.74) is 0.223. The zero-order valence-corrected chi connectivity index (χ0v) is 12.7. The van der Waals surface area contributed by atoms with Crippen molar-refractivity contribution in [2.75, 3.05) is 13.6 Å². The van der Waals surface area contributed by atoms with Gasteiger partial charge in [0.2, 0.25) is 5.91 Å². The number of hydrogen-bond acceptors (Lipinski definition) is 3. The number of aliphatic carboxylic acids is 1. The summed E-state index contributed by atoms with van der Waals surface area (Å²) in [7, 11) is 1.36. The van der Waals surface area contributed by atoms with Gasteiger partial charge in [-0.3, -0.25) is 14.4 Å². The Morgan fingerprint density at radius 2 is 1.77 bits per heavy atom. The molecule has 0 heterocycles. The highest BCUT2D eigenvalue weighted by molar-refractivity contribution is 5.97.